The average molecular weight is 335 g/mol. The van der Waals surface area contributed by atoms with Crippen molar-refractivity contribution in [3.05, 3.63) is 77.9 Å². The highest BCUT2D eigenvalue weighted by atomic mass is 16.6. The van der Waals surface area contributed by atoms with E-state index in [1.807, 2.05) is 62.1 Å². The molecule has 1 unspecified atom stereocenters. The first kappa shape index (κ1) is 17.3. The maximum absolute atomic E-state index is 12.7. The van der Waals surface area contributed by atoms with Gasteiger partial charge in [0.05, 0.1) is 6.04 Å². The van der Waals surface area contributed by atoms with Crippen molar-refractivity contribution in [1.82, 2.24) is 4.90 Å². The minimum Gasteiger partial charge on any atom is -0.444 e. The van der Waals surface area contributed by atoms with Crippen LogP contribution in [0.4, 0.5) is 4.79 Å². The van der Waals surface area contributed by atoms with E-state index in [1.165, 1.54) is 11.1 Å². The molecule has 0 saturated heterocycles. The first-order chi connectivity index (χ1) is 11.9. The monoisotopic (exact) mass is 335 g/mol. The van der Waals surface area contributed by atoms with Gasteiger partial charge in [0.2, 0.25) is 0 Å². The Kier molecular flexibility index (Phi) is 4.93. The molecule has 0 spiro atoms. The number of benzene rings is 2. The standard InChI is InChI=1S/C22H25NO2/c1-22(2,3)25-21(24)23-16-19(18-12-8-5-9-13-18)15-20(23)14-17-10-6-4-7-11-17/h4-13,15,20H,14,16H2,1-3H3. The van der Waals surface area contributed by atoms with Crippen LogP contribution in [0, 0.1) is 0 Å². The number of nitrogens with zero attached hydrogens (tertiary/aromatic N) is 1. The molecule has 1 aliphatic rings. The van der Waals surface area contributed by atoms with Crippen LogP contribution >= 0.6 is 0 Å². The summed E-state index contributed by atoms with van der Waals surface area (Å²) in [6.45, 7) is 6.28. The van der Waals surface area contributed by atoms with Crippen LogP contribution in [0.1, 0.15) is 31.9 Å². The van der Waals surface area contributed by atoms with Crippen molar-refractivity contribution in [3.63, 3.8) is 0 Å². The number of hydrogen-bond donors (Lipinski definition) is 0. The third-order valence-corrected chi connectivity index (χ3v) is 4.19. The largest absolute Gasteiger partial charge is 0.444 e. The van der Waals surface area contributed by atoms with Crippen LogP contribution in [-0.2, 0) is 11.2 Å². The summed E-state index contributed by atoms with van der Waals surface area (Å²) in [5, 5.41) is 0. The Hall–Kier alpha value is -2.55. The zero-order valence-corrected chi connectivity index (χ0v) is 15.1. The van der Waals surface area contributed by atoms with Gasteiger partial charge in [0.1, 0.15) is 5.60 Å². The molecule has 0 bridgehead atoms. The first-order valence-corrected chi connectivity index (χ1v) is 8.72. The smallest absolute Gasteiger partial charge is 0.411 e. The van der Waals surface area contributed by atoms with Crippen molar-refractivity contribution in [3.8, 4) is 0 Å². The second-order valence-electron chi connectivity index (χ2n) is 7.42. The molecule has 1 atom stereocenters. The molecule has 25 heavy (non-hydrogen) atoms. The van der Waals surface area contributed by atoms with Crippen molar-refractivity contribution in [2.45, 2.75) is 38.8 Å². The molecule has 0 radical (unpaired) electrons. The molecule has 0 saturated carbocycles. The SMILES string of the molecule is CC(C)(C)OC(=O)N1CC(c2ccccc2)=CC1Cc1ccccc1. The number of amides is 1. The molecule has 2 aromatic carbocycles. The van der Waals surface area contributed by atoms with E-state index in [4.69, 9.17) is 4.74 Å². The van der Waals surface area contributed by atoms with Crippen LogP contribution < -0.4 is 0 Å². The second-order valence-corrected chi connectivity index (χ2v) is 7.42. The van der Waals surface area contributed by atoms with Crippen molar-refractivity contribution < 1.29 is 9.53 Å². The highest BCUT2D eigenvalue weighted by Crippen LogP contribution is 2.28. The van der Waals surface area contributed by atoms with Gasteiger partial charge in [-0.05, 0) is 43.9 Å². The van der Waals surface area contributed by atoms with Crippen molar-refractivity contribution in [2.75, 3.05) is 6.54 Å². The van der Waals surface area contributed by atoms with Gasteiger partial charge in [0.15, 0.2) is 0 Å². The molecule has 3 rings (SSSR count). The minimum atomic E-state index is -0.496. The van der Waals surface area contributed by atoms with Crippen LogP contribution in [0.3, 0.4) is 0 Å². The van der Waals surface area contributed by atoms with Gasteiger partial charge >= 0.3 is 6.09 Å². The maximum atomic E-state index is 12.7. The third kappa shape index (κ3) is 4.50. The predicted molar refractivity (Wildman–Crippen MR) is 101 cm³/mol. The van der Waals surface area contributed by atoms with Gasteiger partial charge in [-0.3, -0.25) is 4.90 Å². The van der Waals surface area contributed by atoms with Crippen LogP contribution in [0.2, 0.25) is 0 Å². The quantitative estimate of drug-likeness (QED) is 0.796. The van der Waals surface area contributed by atoms with Gasteiger partial charge in [-0.15, -0.1) is 0 Å². The molecule has 0 aromatic heterocycles. The zero-order valence-electron chi connectivity index (χ0n) is 15.1. The highest BCUT2D eigenvalue weighted by molar-refractivity contribution is 5.78. The molecular formula is C22H25NO2. The normalized spacial score (nSPS) is 17.3. The Bertz CT molecular complexity index is 745. The fourth-order valence-corrected chi connectivity index (χ4v) is 3.06. The summed E-state index contributed by atoms with van der Waals surface area (Å²) in [4.78, 5) is 14.5. The zero-order chi connectivity index (χ0) is 17.9. The topological polar surface area (TPSA) is 29.5 Å². The molecule has 3 nitrogen and oxygen atoms in total. The predicted octanol–water partition coefficient (Wildman–Crippen LogP) is 4.93. The fraction of sp³-hybridized carbons (Fsp3) is 0.318. The summed E-state index contributed by atoms with van der Waals surface area (Å²) in [6, 6.07) is 20.5. The summed E-state index contributed by atoms with van der Waals surface area (Å²) in [6.07, 6.45) is 2.73. The number of hydrogen-bond acceptors (Lipinski definition) is 2. The van der Waals surface area contributed by atoms with E-state index < -0.39 is 5.60 Å². The molecule has 1 heterocycles. The Morgan fingerprint density at radius 1 is 1.04 bits per heavy atom. The minimum absolute atomic E-state index is 0.00690. The van der Waals surface area contributed by atoms with E-state index in [1.54, 1.807) is 0 Å². The lowest BCUT2D eigenvalue weighted by Crippen LogP contribution is -2.41. The molecule has 3 heteroatoms. The fourth-order valence-electron chi connectivity index (χ4n) is 3.06. The molecule has 1 aliphatic heterocycles. The maximum Gasteiger partial charge on any atom is 0.411 e. The molecule has 2 aromatic rings. The number of rotatable bonds is 3. The van der Waals surface area contributed by atoms with E-state index in [-0.39, 0.29) is 12.1 Å². The molecular weight excluding hydrogens is 310 g/mol. The van der Waals surface area contributed by atoms with E-state index in [2.05, 4.69) is 30.3 Å². The van der Waals surface area contributed by atoms with Crippen molar-refractivity contribution >= 4 is 11.7 Å². The van der Waals surface area contributed by atoms with Gasteiger partial charge in [0, 0.05) is 6.54 Å². The third-order valence-electron chi connectivity index (χ3n) is 4.19. The Morgan fingerprint density at radius 2 is 1.64 bits per heavy atom. The van der Waals surface area contributed by atoms with Gasteiger partial charge in [0.25, 0.3) is 0 Å². The van der Waals surface area contributed by atoms with E-state index >= 15 is 0 Å². The van der Waals surface area contributed by atoms with E-state index in [9.17, 15) is 4.79 Å². The lowest BCUT2D eigenvalue weighted by molar-refractivity contribution is 0.0244. The Labute approximate surface area is 149 Å². The lowest BCUT2D eigenvalue weighted by Gasteiger charge is -2.28. The molecule has 0 N–H and O–H groups in total. The van der Waals surface area contributed by atoms with Crippen LogP contribution in [0.15, 0.2) is 66.7 Å². The van der Waals surface area contributed by atoms with E-state index in [0.29, 0.717) is 6.54 Å². The van der Waals surface area contributed by atoms with Gasteiger partial charge < -0.3 is 4.74 Å². The van der Waals surface area contributed by atoms with E-state index in [0.717, 1.165) is 12.0 Å². The van der Waals surface area contributed by atoms with Crippen molar-refractivity contribution in [2.24, 2.45) is 0 Å². The number of carbonyl (C=O) groups excluding carboxylic acids is 1. The van der Waals surface area contributed by atoms with Gasteiger partial charge in [-0.1, -0.05) is 66.7 Å². The van der Waals surface area contributed by atoms with Crippen LogP contribution in [0.5, 0.6) is 0 Å². The average Bonchev–Trinajstić information content (AvgIpc) is 2.99. The van der Waals surface area contributed by atoms with Gasteiger partial charge in [-0.2, -0.15) is 0 Å². The Balaban J connectivity index is 1.84. The lowest BCUT2D eigenvalue weighted by atomic mass is 10.0. The molecule has 130 valence electrons. The number of ether oxygens (including phenoxy) is 1. The summed E-state index contributed by atoms with van der Waals surface area (Å²) < 4.78 is 5.63. The molecule has 0 fully saturated rings. The molecule has 1 amide bonds. The van der Waals surface area contributed by atoms with Crippen LogP contribution in [-0.4, -0.2) is 29.2 Å². The van der Waals surface area contributed by atoms with Gasteiger partial charge in [-0.25, -0.2) is 4.79 Å². The Morgan fingerprint density at radius 3 is 2.24 bits per heavy atom. The summed E-state index contributed by atoms with van der Waals surface area (Å²) in [5.74, 6) is 0. The van der Waals surface area contributed by atoms with Crippen molar-refractivity contribution in [1.29, 1.82) is 0 Å². The first-order valence-electron chi connectivity index (χ1n) is 8.72. The highest BCUT2D eigenvalue weighted by Gasteiger charge is 2.32. The summed E-state index contributed by atoms with van der Waals surface area (Å²) >= 11 is 0. The summed E-state index contributed by atoms with van der Waals surface area (Å²) in [5.41, 5.74) is 3.05. The summed E-state index contributed by atoms with van der Waals surface area (Å²) in [7, 11) is 0. The molecule has 0 aliphatic carbocycles. The number of carbonyl (C=O) groups is 1. The van der Waals surface area contributed by atoms with Crippen LogP contribution in [0.25, 0.3) is 5.57 Å². The second kappa shape index (κ2) is 7.14.